The third kappa shape index (κ3) is 6.14. The lowest BCUT2D eigenvalue weighted by Gasteiger charge is -2.08. The Hall–Kier alpha value is -4.19. The lowest BCUT2D eigenvalue weighted by Crippen LogP contribution is -2.28. The molecule has 0 spiro atoms. The molecule has 0 fully saturated rings. The van der Waals surface area contributed by atoms with Crippen molar-refractivity contribution in [2.45, 2.75) is 6.54 Å². The molecule has 0 atom stereocenters. The van der Waals surface area contributed by atoms with Crippen molar-refractivity contribution in [3.8, 4) is 29.1 Å². The van der Waals surface area contributed by atoms with Gasteiger partial charge in [0.25, 0.3) is 5.91 Å². The fourth-order valence-corrected chi connectivity index (χ4v) is 2.67. The van der Waals surface area contributed by atoms with E-state index in [9.17, 15) is 9.59 Å². The lowest BCUT2D eigenvalue weighted by molar-refractivity contribution is -0.143. The van der Waals surface area contributed by atoms with Crippen LogP contribution in [0.25, 0.3) is 6.08 Å². The fraction of sp³-hybridized carbons (Fsp3) is 0.227. The molecule has 0 saturated carbocycles. The fourth-order valence-electron chi connectivity index (χ4n) is 2.67. The summed E-state index contributed by atoms with van der Waals surface area (Å²) in [5, 5.41) is 11.3. The molecule has 1 amide bonds. The second kappa shape index (κ2) is 10.5. The number of nitrogens with one attached hydrogen (secondary N) is 1. The molecule has 3 rings (SSSR count). The second-order valence-electron chi connectivity index (χ2n) is 6.26. The summed E-state index contributed by atoms with van der Waals surface area (Å²) in [4.78, 5) is 23.8. The van der Waals surface area contributed by atoms with Gasteiger partial charge in [0.15, 0.2) is 36.2 Å². The summed E-state index contributed by atoms with van der Waals surface area (Å²) in [5.74, 6) is 1.04. The summed E-state index contributed by atoms with van der Waals surface area (Å²) < 4.78 is 25.9. The normalized spacial score (nSPS) is 11.6. The molecule has 9 nitrogen and oxygen atoms in total. The Kier molecular flexibility index (Phi) is 7.32. The van der Waals surface area contributed by atoms with Gasteiger partial charge in [-0.3, -0.25) is 4.79 Å². The van der Waals surface area contributed by atoms with E-state index in [-0.39, 0.29) is 19.9 Å². The number of esters is 1. The number of carbonyl (C=O) groups excluding carboxylic acids is 2. The number of methoxy groups -OCH3 is 1. The molecule has 160 valence electrons. The van der Waals surface area contributed by atoms with Crippen molar-refractivity contribution < 1.29 is 33.3 Å². The van der Waals surface area contributed by atoms with Gasteiger partial charge in [-0.1, -0.05) is 12.1 Å². The van der Waals surface area contributed by atoms with Crippen LogP contribution in [0.15, 0.2) is 42.5 Å². The maximum atomic E-state index is 11.9. The van der Waals surface area contributed by atoms with Crippen molar-refractivity contribution in [2.75, 3.05) is 27.1 Å². The van der Waals surface area contributed by atoms with Gasteiger partial charge in [0.1, 0.15) is 6.07 Å². The molecule has 0 aromatic heterocycles. The molecule has 2 aromatic rings. The van der Waals surface area contributed by atoms with Crippen molar-refractivity contribution in [2.24, 2.45) is 0 Å². The van der Waals surface area contributed by atoms with Gasteiger partial charge < -0.3 is 29.0 Å². The number of amides is 1. The Morgan fingerprint density at radius 2 is 2.00 bits per heavy atom. The predicted octanol–water partition coefficient (Wildman–Crippen LogP) is 2.20. The Morgan fingerprint density at radius 1 is 1.16 bits per heavy atom. The highest BCUT2D eigenvalue weighted by Gasteiger charge is 2.13. The number of nitriles is 1. The van der Waals surface area contributed by atoms with E-state index in [1.54, 1.807) is 30.3 Å². The minimum absolute atomic E-state index is 0.103. The van der Waals surface area contributed by atoms with Gasteiger partial charge >= 0.3 is 5.97 Å². The average molecular weight is 424 g/mol. The summed E-state index contributed by atoms with van der Waals surface area (Å²) in [6.45, 7) is -0.0595. The molecular formula is C22H20N2O7. The van der Waals surface area contributed by atoms with Crippen LogP contribution in [0.4, 0.5) is 0 Å². The number of carbonyl (C=O) groups is 2. The van der Waals surface area contributed by atoms with Crippen molar-refractivity contribution in [1.82, 2.24) is 5.32 Å². The van der Waals surface area contributed by atoms with Gasteiger partial charge in [0.05, 0.1) is 7.11 Å². The average Bonchev–Trinajstić information content (AvgIpc) is 3.26. The molecule has 0 aliphatic carbocycles. The largest absolute Gasteiger partial charge is 0.493 e. The van der Waals surface area contributed by atoms with E-state index >= 15 is 0 Å². The Labute approximate surface area is 178 Å². The first-order valence-electron chi connectivity index (χ1n) is 9.27. The van der Waals surface area contributed by atoms with Gasteiger partial charge in [0.2, 0.25) is 6.79 Å². The molecule has 1 aliphatic heterocycles. The Balaban J connectivity index is 1.44. The van der Waals surface area contributed by atoms with Crippen LogP contribution >= 0.6 is 0 Å². The standard InChI is InChI=1S/C22H20N2O7/c1-27-19-10-15(2-5-17(19)28-9-8-23)4-7-22(26)29-13-21(25)24-12-16-3-6-18-20(11-16)31-14-30-18/h2-7,10-11H,9,12-14H2,1H3,(H,24,25)/b7-4+. The first kappa shape index (κ1) is 21.5. The van der Waals surface area contributed by atoms with Crippen molar-refractivity contribution in [1.29, 1.82) is 5.26 Å². The Bertz CT molecular complexity index is 1030. The SMILES string of the molecule is COc1cc(/C=C/C(=O)OCC(=O)NCc2ccc3c(c2)OCO3)ccc1OCC#N. The number of hydrogen-bond acceptors (Lipinski definition) is 8. The van der Waals surface area contributed by atoms with Gasteiger partial charge in [0, 0.05) is 12.6 Å². The van der Waals surface area contributed by atoms with E-state index in [4.69, 9.17) is 28.9 Å². The highest BCUT2D eigenvalue weighted by Crippen LogP contribution is 2.32. The zero-order chi connectivity index (χ0) is 22.1. The molecule has 31 heavy (non-hydrogen) atoms. The first-order chi connectivity index (χ1) is 15.1. The molecule has 9 heteroatoms. The molecular weight excluding hydrogens is 404 g/mol. The maximum Gasteiger partial charge on any atom is 0.331 e. The smallest absolute Gasteiger partial charge is 0.331 e. The number of rotatable bonds is 9. The van der Waals surface area contributed by atoms with Crippen molar-refractivity contribution >= 4 is 18.0 Å². The lowest BCUT2D eigenvalue weighted by atomic mass is 10.2. The molecule has 2 aromatic carbocycles. The monoisotopic (exact) mass is 424 g/mol. The van der Waals surface area contributed by atoms with Crippen LogP contribution in [0.3, 0.4) is 0 Å². The molecule has 0 saturated heterocycles. The van der Waals surface area contributed by atoms with Crippen molar-refractivity contribution in [3.05, 3.63) is 53.6 Å². The van der Waals surface area contributed by atoms with Gasteiger partial charge in [-0.15, -0.1) is 0 Å². The van der Waals surface area contributed by atoms with Crippen LogP contribution in [0.2, 0.25) is 0 Å². The predicted molar refractivity (Wildman–Crippen MR) is 109 cm³/mol. The number of hydrogen-bond donors (Lipinski definition) is 1. The van der Waals surface area contributed by atoms with E-state index in [1.165, 1.54) is 19.3 Å². The van der Waals surface area contributed by atoms with Crippen LogP contribution in [0.5, 0.6) is 23.0 Å². The van der Waals surface area contributed by atoms with Gasteiger partial charge in [-0.25, -0.2) is 4.79 Å². The molecule has 0 radical (unpaired) electrons. The first-order valence-corrected chi connectivity index (χ1v) is 9.27. The van der Waals surface area contributed by atoms with E-state index in [1.807, 2.05) is 12.1 Å². The van der Waals surface area contributed by atoms with Crippen LogP contribution in [-0.2, 0) is 20.9 Å². The molecule has 0 bridgehead atoms. The quantitative estimate of drug-likeness (QED) is 0.481. The second-order valence-corrected chi connectivity index (χ2v) is 6.26. The van der Waals surface area contributed by atoms with E-state index in [0.29, 0.717) is 28.6 Å². The Morgan fingerprint density at radius 3 is 2.81 bits per heavy atom. The zero-order valence-corrected chi connectivity index (χ0v) is 16.8. The summed E-state index contributed by atoms with van der Waals surface area (Å²) in [6.07, 6.45) is 2.72. The van der Waals surface area contributed by atoms with Gasteiger partial charge in [-0.2, -0.15) is 5.26 Å². The summed E-state index contributed by atoms with van der Waals surface area (Å²) in [5.41, 5.74) is 1.49. The number of benzene rings is 2. The number of nitrogens with zero attached hydrogens (tertiary/aromatic N) is 1. The number of ether oxygens (including phenoxy) is 5. The highest BCUT2D eigenvalue weighted by molar-refractivity contribution is 5.89. The van der Waals surface area contributed by atoms with Crippen LogP contribution in [0.1, 0.15) is 11.1 Å². The van der Waals surface area contributed by atoms with Crippen molar-refractivity contribution in [3.63, 3.8) is 0 Å². The molecule has 0 unspecified atom stereocenters. The molecule has 1 aliphatic rings. The topological polar surface area (TPSA) is 116 Å². The minimum atomic E-state index is -0.665. The maximum absolute atomic E-state index is 11.9. The van der Waals surface area contributed by atoms with E-state index < -0.39 is 18.5 Å². The number of fused-ring (bicyclic) bond motifs is 1. The van der Waals surface area contributed by atoms with Crippen LogP contribution < -0.4 is 24.3 Å². The highest BCUT2D eigenvalue weighted by atomic mass is 16.7. The third-order valence-corrected chi connectivity index (χ3v) is 4.16. The van der Waals surface area contributed by atoms with Crippen LogP contribution in [-0.4, -0.2) is 39.0 Å². The van der Waals surface area contributed by atoms with E-state index in [0.717, 1.165) is 5.56 Å². The van der Waals surface area contributed by atoms with Gasteiger partial charge in [-0.05, 0) is 41.5 Å². The summed E-state index contributed by atoms with van der Waals surface area (Å²) >= 11 is 0. The van der Waals surface area contributed by atoms with E-state index in [2.05, 4.69) is 5.32 Å². The summed E-state index contributed by atoms with van der Waals surface area (Å²) in [7, 11) is 1.47. The minimum Gasteiger partial charge on any atom is -0.493 e. The van der Waals surface area contributed by atoms with Crippen LogP contribution in [0, 0.1) is 11.3 Å². The molecule has 1 heterocycles. The summed E-state index contributed by atoms with van der Waals surface area (Å²) in [6, 6.07) is 12.2. The zero-order valence-electron chi connectivity index (χ0n) is 16.8. The third-order valence-electron chi connectivity index (χ3n) is 4.16. The molecule has 1 N–H and O–H groups in total.